The van der Waals surface area contributed by atoms with Crippen LogP contribution in [0, 0.1) is 0 Å². The Bertz CT molecular complexity index is 614. The summed E-state index contributed by atoms with van der Waals surface area (Å²) < 4.78 is 5.76. The van der Waals surface area contributed by atoms with Crippen LogP contribution in [0.2, 0.25) is 0 Å². The smallest absolute Gasteiger partial charge is 0.260 e. The molecule has 0 saturated carbocycles. The van der Waals surface area contributed by atoms with Crippen LogP contribution in [0.1, 0.15) is 6.42 Å². The fourth-order valence-corrected chi connectivity index (χ4v) is 2.65. The van der Waals surface area contributed by atoms with Crippen molar-refractivity contribution in [2.45, 2.75) is 6.42 Å². The molecule has 1 saturated heterocycles. The van der Waals surface area contributed by atoms with Crippen molar-refractivity contribution < 1.29 is 9.53 Å². The highest BCUT2D eigenvalue weighted by molar-refractivity contribution is 5.88. The van der Waals surface area contributed by atoms with E-state index in [1.54, 1.807) is 0 Å². The van der Waals surface area contributed by atoms with Gasteiger partial charge in [0.15, 0.2) is 6.61 Å². The maximum atomic E-state index is 12.2. The molecule has 1 aliphatic heterocycles. The molecule has 2 aromatic rings. The topological polar surface area (TPSA) is 41.6 Å². The molecule has 3 rings (SSSR count). The molecule has 1 fully saturated rings. The van der Waals surface area contributed by atoms with Crippen LogP contribution in [0.5, 0.6) is 5.75 Å². The molecule has 1 heterocycles. The number of fused-ring (bicyclic) bond motifs is 1. The van der Waals surface area contributed by atoms with Crippen LogP contribution in [-0.2, 0) is 4.79 Å². The van der Waals surface area contributed by atoms with Crippen molar-refractivity contribution in [1.82, 2.24) is 10.2 Å². The van der Waals surface area contributed by atoms with E-state index in [2.05, 4.69) is 5.32 Å². The second kappa shape index (κ2) is 6.59. The Balaban J connectivity index is 1.67. The Morgan fingerprint density at radius 2 is 1.95 bits per heavy atom. The predicted molar refractivity (Wildman–Crippen MR) is 83.5 cm³/mol. The minimum atomic E-state index is 0.0617. The van der Waals surface area contributed by atoms with E-state index in [9.17, 15) is 4.79 Å². The van der Waals surface area contributed by atoms with Crippen molar-refractivity contribution in [1.29, 1.82) is 0 Å². The molecule has 1 amide bonds. The van der Waals surface area contributed by atoms with Crippen molar-refractivity contribution in [3.63, 3.8) is 0 Å². The van der Waals surface area contributed by atoms with Gasteiger partial charge in [-0.3, -0.25) is 4.79 Å². The van der Waals surface area contributed by atoms with Gasteiger partial charge in [0.05, 0.1) is 0 Å². The van der Waals surface area contributed by atoms with E-state index in [-0.39, 0.29) is 12.5 Å². The molecule has 1 aliphatic rings. The highest BCUT2D eigenvalue weighted by atomic mass is 16.5. The van der Waals surface area contributed by atoms with Gasteiger partial charge in [-0.25, -0.2) is 0 Å². The summed E-state index contributed by atoms with van der Waals surface area (Å²) in [5.41, 5.74) is 0. The normalized spacial score (nSPS) is 15.7. The lowest BCUT2D eigenvalue weighted by atomic mass is 10.1. The molecule has 0 spiro atoms. The molecule has 0 radical (unpaired) electrons. The molecule has 110 valence electrons. The van der Waals surface area contributed by atoms with Gasteiger partial charge in [0.25, 0.3) is 5.91 Å². The van der Waals surface area contributed by atoms with Crippen molar-refractivity contribution in [2.75, 3.05) is 32.8 Å². The van der Waals surface area contributed by atoms with Crippen LogP contribution < -0.4 is 10.1 Å². The monoisotopic (exact) mass is 284 g/mol. The SMILES string of the molecule is O=C(COc1cccc2ccccc12)N1CCCNCC1. The Labute approximate surface area is 124 Å². The number of carbonyl (C=O) groups is 1. The van der Waals surface area contributed by atoms with E-state index in [1.165, 1.54) is 0 Å². The van der Waals surface area contributed by atoms with Crippen LogP contribution in [0.25, 0.3) is 10.8 Å². The second-order valence-corrected chi connectivity index (χ2v) is 5.25. The first-order valence-electron chi connectivity index (χ1n) is 7.44. The molecular formula is C17H20N2O2. The summed E-state index contributed by atoms with van der Waals surface area (Å²) in [5, 5.41) is 5.47. The van der Waals surface area contributed by atoms with Crippen molar-refractivity contribution in [2.24, 2.45) is 0 Å². The summed E-state index contributed by atoms with van der Waals surface area (Å²) in [6.07, 6.45) is 1.00. The largest absolute Gasteiger partial charge is 0.483 e. The van der Waals surface area contributed by atoms with E-state index in [0.717, 1.165) is 49.1 Å². The number of ether oxygens (including phenoxy) is 1. The van der Waals surface area contributed by atoms with Gasteiger partial charge >= 0.3 is 0 Å². The standard InChI is InChI=1S/C17H20N2O2/c20-17(19-11-4-9-18-10-12-19)13-21-16-8-3-6-14-5-1-2-7-15(14)16/h1-3,5-8,18H,4,9-13H2. The fraction of sp³-hybridized carbons (Fsp3) is 0.353. The van der Waals surface area contributed by atoms with Gasteiger partial charge in [-0.15, -0.1) is 0 Å². The van der Waals surface area contributed by atoms with E-state index >= 15 is 0 Å². The zero-order valence-electron chi connectivity index (χ0n) is 12.0. The highest BCUT2D eigenvalue weighted by Crippen LogP contribution is 2.25. The van der Waals surface area contributed by atoms with Gasteiger partial charge in [0.2, 0.25) is 0 Å². The van der Waals surface area contributed by atoms with E-state index in [1.807, 2.05) is 47.4 Å². The lowest BCUT2D eigenvalue weighted by molar-refractivity contribution is -0.133. The Morgan fingerprint density at radius 3 is 2.90 bits per heavy atom. The van der Waals surface area contributed by atoms with E-state index in [4.69, 9.17) is 4.74 Å². The summed E-state index contributed by atoms with van der Waals surface area (Å²) in [5.74, 6) is 0.834. The fourth-order valence-electron chi connectivity index (χ4n) is 2.65. The molecule has 1 N–H and O–H groups in total. The maximum Gasteiger partial charge on any atom is 0.260 e. The van der Waals surface area contributed by atoms with Crippen LogP contribution in [-0.4, -0.2) is 43.6 Å². The first kappa shape index (κ1) is 13.9. The highest BCUT2D eigenvalue weighted by Gasteiger charge is 2.16. The van der Waals surface area contributed by atoms with Gasteiger partial charge in [0, 0.05) is 25.0 Å². The summed E-state index contributed by atoms with van der Waals surface area (Å²) in [7, 11) is 0. The number of rotatable bonds is 3. The number of benzene rings is 2. The van der Waals surface area contributed by atoms with E-state index < -0.39 is 0 Å². The second-order valence-electron chi connectivity index (χ2n) is 5.25. The Morgan fingerprint density at radius 1 is 1.10 bits per heavy atom. The van der Waals surface area contributed by atoms with Crippen molar-refractivity contribution >= 4 is 16.7 Å². The zero-order valence-corrected chi connectivity index (χ0v) is 12.0. The number of hydrogen-bond acceptors (Lipinski definition) is 3. The average Bonchev–Trinajstić information content (AvgIpc) is 2.82. The van der Waals surface area contributed by atoms with Crippen LogP contribution in [0.15, 0.2) is 42.5 Å². The molecule has 0 atom stereocenters. The van der Waals surface area contributed by atoms with Gasteiger partial charge in [-0.1, -0.05) is 36.4 Å². The number of nitrogens with one attached hydrogen (secondary N) is 1. The molecule has 0 aromatic heterocycles. The summed E-state index contributed by atoms with van der Waals surface area (Å²) in [6, 6.07) is 14.0. The number of amides is 1. The molecule has 2 aromatic carbocycles. The molecular weight excluding hydrogens is 264 g/mol. The summed E-state index contributed by atoms with van der Waals surface area (Å²) >= 11 is 0. The number of carbonyl (C=O) groups excluding carboxylic acids is 1. The third-order valence-electron chi connectivity index (χ3n) is 3.79. The molecule has 4 nitrogen and oxygen atoms in total. The molecule has 0 aliphatic carbocycles. The quantitative estimate of drug-likeness (QED) is 0.938. The Kier molecular flexibility index (Phi) is 4.36. The molecule has 0 unspecified atom stereocenters. The van der Waals surface area contributed by atoms with E-state index in [0.29, 0.717) is 0 Å². The van der Waals surface area contributed by atoms with Crippen molar-refractivity contribution in [3.05, 3.63) is 42.5 Å². The Hall–Kier alpha value is -2.07. The van der Waals surface area contributed by atoms with Crippen LogP contribution in [0.3, 0.4) is 0 Å². The summed E-state index contributed by atoms with van der Waals surface area (Å²) in [6.45, 7) is 3.52. The van der Waals surface area contributed by atoms with Gasteiger partial charge in [-0.2, -0.15) is 0 Å². The molecule has 4 heteroatoms. The third kappa shape index (κ3) is 3.34. The minimum Gasteiger partial charge on any atom is -0.483 e. The lowest BCUT2D eigenvalue weighted by Gasteiger charge is -2.20. The minimum absolute atomic E-state index is 0.0617. The third-order valence-corrected chi connectivity index (χ3v) is 3.79. The maximum absolute atomic E-state index is 12.2. The van der Waals surface area contributed by atoms with Crippen molar-refractivity contribution in [3.8, 4) is 5.75 Å². The average molecular weight is 284 g/mol. The van der Waals surface area contributed by atoms with Crippen LogP contribution in [0.4, 0.5) is 0 Å². The van der Waals surface area contributed by atoms with Gasteiger partial charge in [0.1, 0.15) is 5.75 Å². The van der Waals surface area contributed by atoms with Crippen LogP contribution >= 0.6 is 0 Å². The lowest BCUT2D eigenvalue weighted by Crippen LogP contribution is -2.37. The first-order chi connectivity index (χ1) is 10.3. The molecule has 0 bridgehead atoms. The van der Waals surface area contributed by atoms with Gasteiger partial charge < -0.3 is 15.0 Å². The zero-order chi connectivity index (χ0) is 14.5. The van der Waals surface area contributed by atoms with Gasteiger partial charge in [-0.05, 0) is 24.4 Å². The number of nitrogens with zero attached hydrogens (tertiary/aromatic N) is 1. The first-order valence-corrected chi connectivity index (χ1v) is 7.44. The molecule has 21 heavy (non-hydrogen) atoms. The predicted octanol–water partition coefficient (Wildman–Crippen LogP) is 2.04. The summed E-state index contributed by atoms with van der Waals surface area (Å²) in [4.78, 5) is 14.1. The number of hydrogen-bond donors (Lipinski definition) is 1.